The fraction of sp³-hybridized carbons (Fsp3) is 0.409. The molecule has 0 aliphatic carbocycles. The van der Waals surface area contributed by atoms with E-state index < -0.39 is 15.9 Å². The van der Waals surface area contributed by atoms with Crippen molar-refractivity contribution in [3.05, 3.63) is 59.4 Å². The molecule has 2 aromatic rings. The predicted molar refractivity (Wildman–Crippen MR) is 117 cm³/mol. The average Bonchev–Trinajstić information content (AvgIpc) is 2.77. The molecule has 0 radical (unpaired) electrons. The second-order valence-corrected chi connectivity index (χ2v) is 9.17. The van der Waals surface area contributed by atoms with Gasteiger partial charge in [-0.1, -0.05) is 25.1 Å². The normalized spacial score (nSPS) is 12.3. The fourth-order valence-electron chi connectivity index (χ4n) is 2.78. The van der Waals surface area contributed by atoms with Gasteiger partial charge in [0.05, 0.1) is 26.0 Å². The smallest absolute Gasteiger partial charge is 0.235 e. The molecule has 2 rings (SSSR count). The lowest BCUT2D eigenvalue weighted by molar-refractivity contribution is -0.119. The summed E-state index contributed by atoms with van der Waals surface area (Å²) in [5, 5.41) is 2.68. The summed E-state index contributed by atoms with van der Waals surface area (Å²) >= 11 is 0. The van der Waals surface area contributed by atoms with Crippen LogP contribution in [-0.4, -0.2) is 46.9 Å². The standard InChI is InChI=1S/C22H29FN2O5S/c1-4-31(27,28)25-14-22(26)24-12-11-17-5-10-20(21(13-17)29-3)30-15-16(2)18-6-8-19(23)9-7-18/h5-10,13,16,25H,4,11-12,14-15H2,1-3H3,(H,24,26). The summed E-state index contributed by atoms with van der Waals surface area (Å²) in [6.07, 6.45) is 0.550. The molecule has 0 aliphatic rings. The molecule has 0 saturated carbocycles. The molecule has 2 aromatic carbocycles. The van der Waals surface area contributed by atoms with Crippen LogP contribution in [0.2, 0.25) is 0 Å². The maximum Gasteiger partial charge on any atom is 0.235 e. The van der Waals surface area contributed by atoms with Gasteiger partial charge in [0.1, 0.15) is 5.82 Å². The quantitative estimate of drug-likeness (QED) is 0.516. The first kappa shape index (κ1) is 24.6. The molecule has 9 heteroatoms. The number of carbonyl (C=O) groups is 1. The number of hydrogen-bond acceptors (Lipinski definition) is 5. The molecule has 7 nitrogen and oxygen atoms in total. The first-order valence-corrected chi connectivity index (χ1v) is 11.7. The van der Waals surface area contributed by atoms with Gasteiger partial charge in [0.15, 0.2) is 11.5 Å². The average molecular weight is 453 g/mol. The first-order chi connectivity index (χ1) is 14.7. The van der Waals surface area contributed by atoms with Crippen molar-refractivity contribution >= 4 is 15.9 Å². The van der Waals surface area contributed by atoms with Crippen LogP contribution < -0.4 is 19.5 Å². The van der Waals surface area contributed by atoms with E-state index in [4.69, 9.17) is 9.47 Å². The van der Waals surface area contributed by atoms with Gasteiger partial charge in [0, 0.05) is 12.5 Å². The van der Waals surface area contributed by atoms with Crippen LogP contribution in [0.3, 0.4) is 0 Å². The Morgan fingerprint density at radius 2 is 1.84 bits per heavy atom. The molecule has 0 aliphatic heterocycles. The minimum Gasteiger partial charge on any atom is -0.493 e. The van der Waals surface area contributed by atoms with E-state index in [1.165, 1.54) is 19.1 Å². The van der Waals surface area contributed by atoms with Crippen molar-refractivity contribution in [2.45, 2.75) is 26.2 Å². The third-order valence-electron chi connectivity index (χ3n) is 4.72. The third-order valence-corrected chi connectivity index (χ3v) is 6.07. The van der Waals surface area contributed by atoms with Gasteiger partial charge >= 0.3 is 0 Å². The minimum atomic E-state index is -3.39. The molecule has 1 atom stereocenters. The number of amides is 1. The topological polar surface area (TPSA) is 93.7 Å². The number of halogens is 1. The van der Waals surface area contributed by atoms with Crippen LogP contribution in [0.15, 0.2) is 42.5 Å². The zero-order valence-electron chi connectivity index (χ0n) is 18.0. The van der Waals surface area contributed by atoms with Gasteiger partial charge in [-0.2, -0.15) is 0 Å². The molecular weight excluding hydrogens is 423 g/mol. The molecule has 1 amide bonds. The highest BCUT2D eigenvalue weighted by atomic mass is 32.2. The molecule has 2 N–H and O–H groups in total. The molecule has 0 saturated heterocycles. The van der Waals surface area contributed by atoms with E-state index >= 15 is 0 Å². The molecule has 0 aromatic heterocycles. The first-order valence-electron chi connectivity index (χ1n) is 10.0. The molecule has 31 heavy (non-hydrogen) atoms. The van der Waals surface area contributed by atoms with E-state index in [1.54, 1.807) is 19.2 Å². The van der Waals surface area contributed by atoms with Gasteiger partial charge in [0.25, 0.3) is 0 Å². The number of carbonyl (C=O) groups excluding carboxylic acids is 1. The number of hydrogen-bond donors (Lipinski definition) is 2. The van der Waals surface area contributed by atoms with Crippen molar-refractivity contribution in [2.75, 3.05) is 32.6 Å². The van der Waals surface area contributed by atoms with E-state index in [0.717, 1.165) is 11.1 Å². The summed E-state index contributed by atoms with van der Waals surface area (Å²) in [6, 6.07) is 11.9. The molecule has 0 bridgehead atoms. The number of nitrogens with one attached hydrogen (secondary N) is 2. The lowest BCUT2D eigenvalue weighted by Crippen LogP contribution is -2.38. The highest BCUT2D eigenvalue weighted by Crippen LogP contribution is 2.29. The van der Waals surface area contributed by atoms with Gasteiger partial charge in [-0.05, 0) is 48.7 Å². The highest BCUT2D eigenvalue weighted by molar-refractivity contribution is 7.89. The molecule has 0 heterocycles. The fourth-order valence-corrected chi connectivity index (χ4v) is 3.33. The molecule has 0 fully saturated rings. The van der Waals surface area contributed by atoms with Crippen LogP contribution in [0.25, 0.3) is 0 Å². The van der Waals surface area contributed by atoms with E-state index in [-0.39, 0.29) is 24.0 Å². The maximum absolute atomic E-state index is 13.1. The lowest BCUT2D eigenvalue weighted by Gasteiger charge is -2.16. The number of benzene rings is 2. The van der Waals surface area contributed by atoms with E-state index in [2.05, 4.69) is 10.0 Å². The van der Waals surface area contributed by atoms with Crippen molar-refractivity contribution in [1.82, 2.24) is 10.0 Å². The number of sulfonamides is 1. The monoisotopic (exact) mass is 452 g/mol. The van der Waals surface area contributed by atoms with Crippen molar-refractivity contribution in [1.29, 1.82) is 0 Å². The third kappa shape index (κ3) is 8.18. The Morgan fingerprint density at radius 3 is 2.48 bits per heavy atom. The van der Waals surface area contributed by atoms with Crippen molar-refractivity contribution in [3.8, 4) is 11.5 Å². The summed E-state index contributed by atoms with van der Waals surface area (Å²) < 4.78 is 49.3. The van der Waals surface area contributed by atoms with E-state index in [0.29, 0.717) is 31.1 Å². The van der Waals surface area contributed by atoms with E-state index in [9.17, 15) is 17.6 Å². The van der Waals surface area contributed by atoms with Crippen LogP contribution in [0.1, 0.15) is 30.9 Å². The Labute approximate surface area is 183 Å². The van der Waals surface area contributed by atoms with Crippen LogP contribution in [0, 0.1) is 5.82 Å². The van der Waals surface area contributed by atoms with Gasteiger partial charge in [0.2, 0.25) is 15.9 Å². The van der Waals surface area contributed by atoms with Gasteiger partial charge in [-0.25, -0.2) is 17.5 Å². The van der Waals surface area contributed by atoms with Crippen molar-refractivity contribution in [2.24, 2.45) is 0 Å². The molecule has 1 unspecified atom stereocenters. The summed E-state index contributed by atoms with van der Waals surface area (Å²) in [6.45, 7) is 3.99. The van der Waals surface area contributed by atoms with Crippen LogP contribution in [0.4, 0.5) is 4.39 Å². The SMILES string of the molecule is CCS(=O)(=O)NCC(=O)NCCc1ccc(OCC(C)c2ccc(F)cc2)c(OC)c1. The van der Waals surface area contributed by atoms with Crippen LogP contribution in [0.5, 0.6) is 11.5 Å². The summed E-state index contributed by atoms with van der Waals surface area (Å²) in [5.41, 5.74) is 1.92. The Morgan fingerprint density at radius 1 is 1.13 bits per heavy atom. The largest absolute Gasteiger partial charge is 0.493 e. The number of ether oxygens (including phenoxy) is 2. The summed E-state index contributed by atoms with van der Waals surface area (Å²) in [7, 11) is -1.84. The predicted octanol–water partition coefficient (Wildman–Crippen LogP) is 2.61. The van der Waals surface area contributed by atoms with Crippen molar-refractivity contribution in [3.63, 3.8) is 0 Å². The minimum absolute atomic E-state index is 0.0723. The molecular formula is C22H29FN2O5S. The summed E-state index contributed by atoms with van der Waals surface area (Å²) in [5.74, 6) is 0.512. The van der Waals surface area contributed by atoms with Crippen molar-refractivity contribution < 1.29 is 27.1 Å². The number of rotatable bonds is 12. The Kier molecular flexibility index (Phi) is 9.26. The van der Waals surface area contributed by atoms with Gasteiger partial charge in [-0.15, -0.1) is 0 Å². The van der Waals surface area contributed by atoms with Crippen LogP contribution in [-0.2, 0) is 21.2 Å². The number of methoxy groups -OCH3 is 1. The molecule has 0 spiro atoms. The zero-order chi connectivity index (χ0) is 22.9. The van der Waals surface area contributed by atoms with E-state index in [1.807, 2.05) is 25.1 Å². The second-order valence-electron chi connectivity index (χ2n) is 7.07. The Hall–Kier alpha value is -2.65. The Balaban J connectivity index is 1.85. The Bertz CT molecular complexity index is 964. The van der Waals surface area contributed by atoms with Gasteiger partial charge < -0.3 is 14.8 Å². The maximum atomic E-state index is 13.1. The second kappa shape index (κ2) is 11.7. The van der Waals surface area contributed by atoms with Gasteiger partial charge in [-0.3, -0.25) is 4.79 Å². The van der Waals surface area contributed by atoms with Crippen LogP contribution >= 0.6 is 0 Å². The lowest BCUT2D eigenvalue weighted by atomic mass is 10.0. The highest BCUT2D eigenvalue weighted by Gasteiger charge is 2.12. The molecule has 170 valence electrons. The zero-order valence-corrected chi connectivity index (χ0v) is 18.8. The summed E-state index contributed by atoms with van der Waals surface area (Å²) in [4.78, 5) is 11.8.